The summed E-state index contributed by atoms with van der Waals surface area (Å²) in [6.45, 7) is 0. The summed E-state index contributed by atoms with van der Waals surface area (Å²) in [7, 11) is 0. The fraction of sp³-hybridized carbons (Fsp3) is 0. The minimum absolute atomic E-state index is 1.27. The summed E-state index contributed by atoms with van der Waals surface area (Å²) in [5.41, 5.74) is 5.13. The molecule has 1 heteroatoms. The van der Waals surface area contributed by atoms with Crippen LogP contribution in [0.15, 0.2) is 83.6 Å². The molecule has 0 saturated carbocycles. The van der Waals surface area contributed by atoms with Crippen molar-refractivity contribution in [3.8, 4) is 22.3 Å². The van der Waals surface area contributed by atoms with Crippen LogP contribution >= 0.6 is 11.3 Å². The monoisotopic (exact) mass is 286 g/mol. The van der Waals surface area contributed by atoms with Gasteiger partial charge in [-0.05, 0) is 55.9 Å². The van der Waals surface area contributed by atoms with Gasteiger partial charge in [-0.1, -0.05) is 60.7 Å². The SMILES string of the molecule is c1ccc(-c2cc3cscc3cc2-c2ccccc2)cc1. The third-order valence-corrected chi connectivity index (χ3v) is 4.56. The van der Waals surface area contributed by atoms with Crippen molar-refractivity contribution < 1.29 is 0 Å². The van der Waals surface area contributed by atoms with Crippen LogP contribution in [0.4, 0.5) is 0 Å². The average molecular weight is 286 g/mol. The molecule has 0 aliphatic rings. The number of hydrogen-bond acceptors (Lipinski definition) is 1. The van der Waals surface area contributed by atoms with Gasteiger partial charge in [0.15, 0.2) is 0 Å². The minimum atomic E-state index is 1.27. The van der Waals surface area contributed by atoms with Crippen molar-refractivity contribution in [2.75, 3.05) is 0 Å². The number of fused-ring (bicyclic) bond motifs is 1. The molecule has 4 rings (SSSR count). The molecule has 0 bridgehead atoms. The first kappa shape index (κ1) is 12.4. The maximum absolute atomic E-state index is 2.31. The Balaban J connectivity index is 2.03. The highest BCUT2D eigenvalue weighted by atomic mass is 32.1. The molecule has 21 heavy (non-hydrogen) atoms. The number of rotatable bonds is 2. The molecule has 0 aliphatic heterocycles. The van der Waals surface area contributed by atoms with Gasteiger partial charge in [0.1, 0.15) is 0 Å². The molecule has 4 aromatic rings. The second kappa shape index (κ2) is 5.19. The molecule has 0 fully saturated rings. The van der Waals surface area contributed by atoms with Gasteiger partial charge in [-0.25, -0.2) is 0 Å². The van der Waals surface area contributed by atoms with E-state index in [4.69, 9.17) is 0 Å². The van der Waals surface area contributed by atoms with Gasteiger partial charge >= 0.3 is 0 Å². The Kier molecular flexibility index (Phi) is 3.06. The van der Waals surface area contributed by atoms with Crippen LogP contribution in [0.5, 0.6) is 0 Å². The first-order chi connectivity index (χ1) is 10.4. The van der Waals surface area contributed by atoms with E-state index in [-0.39, 0.29) is 0 Å². The van der Waals surface area contributed by atoms with E-state index < -0.39 is 0 Å². The molecular weight excluding hydrogens is 272 g/mol. The molecule has 1 aromatic heterocycles. The summed E-state index contributed by atoms with van der Waals surface area (Å²) < 4.78 is 0. The van der Waals surface area contributed by atoms with Gasteiger partial charge in [-0.2, -0.15) is 11.3 Å². The molecule has 0 aliphatic carbocycles. The van der Waals surface area contributed by atoms with Crippen molar-refractivity contribution in [2.45, 2.75) is 0 Å². The molecule has 0 spiro atoms. The summed E-state index contributed by atoms with van der Waals surface area (Å²) in [5, 5.41) is 7.07. The largest absolute Gasteiger partial charge is 0.151 e. The Morgan fingerprint density at radius 2 is 0.952 bits per heavy atom. The first-order valence-corrected chi connectivity index (χ1v) is 7.97. The van der Waals surface area contributed by atoms with E-state index in [1.54, 1.807) is 11.3 Å². The van der Waals surface area contributed by atoms with Crippen molar-refractivity contribution >= 4 is 22.1 Å². The van der Waals surface area contributed by atoms with Gasteiger partial charge in [0.05, 0.1) is 0 Å². The van der Waals surface area contributed by atoms with Crippen LogP contribution < -0.4 is 0 Å². The number of hydrogen-bond donors (Lipinski definition) is 0. The van der Waals surface area contributed by atoms with E-state index in [0.717, 1.165) is 0 Å². The predicted molar refractivity (Wildman–Crippen MR) is 92.7 cm³/mol. The lowest BCUT2D eigenvalue weighted by Gasteiger charge is -2.11. The fourth-order valence-corrected chi connectivity index (χ4v) is 3.50. The standard InChI is InChI=1S/C20H14S/c1-3-7-15(8-4-1)19-11-17-13-21-14-18(17)12-20(19)16-9-5-2-6-10-16/h1-14H. The maximum Gasteiger partial charge on any atom is -0.00143 e. The van der Waals surface area contributed by atoms with E-state index >= 15 is 0 Å². The Bertz CT molecular complexity index is 800. The van der Waals surface area contributed by atoms with Gasteiger partial charge in [-0.3, -0.25) is 0 Å². The molecule has 1 heterocycles. The highest BCUT2D eigenvalue weighted by molar-refractivity contribution is 7.09. The van der Waals surface area contributed by atoms with E-state index in [0.29, 0.717) is 0 Å². The van der Waals surface area contributed by atoms with Gasteiger partial charge in [0.2, 0.25) is 0 Å². The summed E-state index contributed by atoms with van der Waals surface area (Å²) in [6.07, 6.45) is 0. The number of benzene rings is 3. The van der Waals surface area contributed by atoms with Crippen LogP contribution in [0, 0.1) is 0 Å². The molecule has 0 saturated heterocycles. The zero-order valence-corrected chi connectivity index (χ0v) is 12.3. The third kappa shape index (κ3) is 2.26. The minimum Gasteiger partial charge on any atom is -0.151 e. The quantitative estimate of drug-likeness (QED) is 0.409. The van der Waals surface area contributed by atoms with E-state index in [1.807, 2.05) is 0 Å². The molecule has 0 atom stereocenters. The van der Waals surface area contributed by atoms with Crippen LogP contribution in [0.1, 0.15) is 0 Å². The zero-order chi connectivity index (χ0) is 14.1. The maximum atomic E-state index is 2.31. The second-order valence-electron chi connectivity index (χ2n) is 5.13. The van der Waals surface area contributed by atoms with Crippen molar-refractivity contribution in [3.05, 3.63) is 83.6 Å². The fourth-order valence-electron chi connectivity index (χ4n) is 2.73. The smallest absolute Gasteiger partial charge is 0.00143 e. The van der Waals surface area contributed by atoms with Gasteiger partial charge in [0.25, 0.3) is 0 Å². The lowest BCUT2D eigenvalue weighted by Crippen LogP contribution is -1.85. The Labute approximate surface area is 128 Å². The molecule has 0 nitrogen and oxygen atoms in total. The van der Waals surface area contributed by atoms with Gasteiger partial charge in [0, 0.05) is 0 Å². The van der Waals surface area contributed by atoms with E-state index in [2.05, 4.69) is 83.6 Å². The molecule has 0 radical (unpaired) electrons. The predicted octanol–water partition coefficient (Wildman–Crippen LogP) is 6.24. The molecule has 0 amide bonds. The van der Waals surface area contributed by atoms with Crippen LogP contribution in [0.2, 0.25) is 0 Å². The summed E-state index contributed by atoms with van der Waals surface area (Å²) in [6, 6.07) is 25.9. The summed E-state index contributed by atoms with van der Waals surface area (Å²) >= 11 is 1.76. The van der Waals surface area contributed by atoms with Crippen molar-refractivity contribution in [1.29, 1.82) is 0 Å². The Morgan fingerprint density at radius 1 is 0.524 bits per heavy atom. The zero-order valence-electron chi connectivity index (χ0n) is 11.5. The van der Waals surface area contributed by atoms with Crippen molar-refractivity contribution in [2.24, 2.45) is 0 Å². The van der Waals surface area contributed by atoms with Crippen LogP contribution in [-0.4, -0.2) is 0 Å². The van der Waals surface area contributed by atoms with Crippen LogP contribution in [0.25, 0.3) is 33.0 Å². The Morgan fingerprint density at radius 3 is 1.38 bits per heavy atom. The third-order valence-electron chi connectivity index (χ3n) is 3.78. The highest BCUT2D eigenvalue weighted by Gasteiger charge is 2.09. The highest BCUT2D eigenvalue weighted by Crippen LogP contribution is 2.36. The summed E-state index contributed by atoms with van der Waals surface area (Å²) in [5.74, 6) is 0. The van der Waals surface area contributed by atoms with Crippen molar-refractivity contribution in [3.63, 3.8) is 0 Å². The first-order valence-electron chi connectivity index (χ1n) is 7.02. The van der Waals surface area contributed by atoms with E-state index in [9.17, 15) is 0 Å². The van der Waals surface area contributed by atoms with Crippen LogP contribution in [-0.2, 0) is 0 Å². The Hall–Kier alpha value is -2.38. The molecule has 0 unspecified atom stereocenters. The lowest BCUT2D eigenvalue weighted by molar-refractivity contribution is 1.61. The topological polar surface area (TPSA) is 0 Å². The normalized spacial score (nSPS) is 10.9. The van der Waals surface area contributed by atoms with E-state index in [1.165, 1.54) is 33.0 Å². The second-order valence-corrected chi connectivity index (χ2v) is 5.87. The van der Waals surface area contributed by atoms with Crippen LogP contribution in [0.3, 0.4) is 0 Å². The number of thiophene rings is 1. The van der Waals surface area contributed by atoms with Gasteiger partial charge in [-0.15, -0.1) is 0 Å². The molecular formula is C20H14S. The molecule has 0 N–H and O–H groups in total. The average Bonchev–Trinajstić information content (AvgIpc) is 3.03. The van der Waals surface area contributed by atoms with Gasteiger partial charge < -0.3 is 0 Å². The lowest BCUT2D eigenvalue weighted by atomic mass is 9.93. The molecule has 3 aromatic carbocycles. The summed E-state index contributed by atoms with van der Waals surface area (Å²) in [4.78, 5) is 0. The van der Waals surface area contributed by atoms with Crippen molar-refractivity contribution in [1.82, 2.24) is 0 Å². The molecule has 100 valence electrons.